The summed E-state index contributed by atoms with van der Waals surface area (Å²) in [6.45, 7) is 0. The number of benzene rings is 2. The lowest BCUT2D eigenvalue weighted by molar-refractivity contribution is 0.468. The van der Waals surface area contributed by atoms with Gasteiger partial charge in [0.05, 0.1) is 6.04 Å². The molecule has 0 aliphatic carbocycles. The highest BCUT2D eigenvalue weighted by molar-refractivity contribution is 9.10. The highest BCUT2D eigenvalue weighted by Gasteiger charge is 2.21. The van der Waals surface area contributed by atoms with Crippen LogP contribution in [-0.4, -0.2) is 20.2 Å². The molecule has 0 radical (unpaired) electrons. The maximum atomic E-state index is 10.9. The van der Waals surface area contributed by atoms with Gasteiger partial charge in [-0.25, -0.2) is 4.98 Å². The van der Waals surface area contributed by atoms with Crippen molar-refractivity contribution in [2.45, 2.75) is 6.04 Å². The molecule has 0 aliphatic heterocycles. The molecule has 0 saturated heterocycles. The molecule has 0 saturated carbocycles. The smallest absolute Gasteiger partial charge is 0.169 e. The minimum absolute atomic E-state index is 0.0398. The van der Waals surface area contributed by atoms with E-state index in [4.69, 9.17) is 0 Å². The summed E-state index contributed by atoms with van der Waals surface area (Å²) in [5.74, 6) is 0.480. The van der Waals surface area contributed by atoms with Gasteiger partial charge in [0.15, 0.2) is 11.6 Å². The van der Waals surface area contributed by atoms with Gasteiger partial charge in [-0.05, 0) is 35.9 Å². The lowest BCUT2D eigenvalue weighted by Gasteiger charge is -2.22. The highest BCUT2D eigenvalue weighted by Crippen LogP contribution is 2.37. The van der Waals surface area contributed by atoms with E-state index < -0.39 is 6.04 Å². The first kappa shape index (κ1) is 17.3. The molecular formula is C21H16BrN3O2. The molecule has 0 spiro atoms. The summed E-state index contributed by atoms with van der Waals surface area (Å²) >= 11 is 3.44. The average molecular weight is 422 g/mol. The van der Waals surface area contributed by atoms with Crippen LogP contribution in [0.15, 0.2) is 77.5 Å². The number of fused-ring (bicyclic) bond motifs is 1. The fraction of sp³-hybridized carbons (Fsp3) is 0.0476. The molecule has 0 fully saturated rings. The zero-order chi connectivity index (χ0) is 18.8. The first-order chi connectivity index (χ1) is 13.1. The van der Waals surface area contributed by atoms with Gasteiger partial charge in [-0.3, -0.25) is 4.98 Å². The van der Waals surface area contributed by atoms with Crippen LogP contribution >= 0.6 is 15.9 Å². The fourth-order valence-corrected chi connectivity index (χ4v) is 3.28. The van der Waals surface area contributed by atoms with E-state index in [9.17, 15) is 10.2 Å². The Balaban J connectivity index is 1.86. The number of rotatable bonds is 4. The molecular weight excluding hydrogens is 406 g/mol. The number of phenols is 1. The lowest BCUT2D eigenvalue weighted by atomic mass is 9.96. The second-order valence-corrected chi connectivity index (χ2v) is 6.99. The molecule has 134 valence electrons. The Morgan fingerprint density at radius 2 is 1.59 bits per heavy atom. The van der Waals surface area contributed by atoms with Crippen molar-refractivity contribution in [3.63, 3.8) is 0 Å². The predicted octanol–water partition coefficient (Wildman–Crippen LogP) is 5.01. The molecule has 3 N–H and O–H groups in total. The van der Waals surface area contributed by atoms with Gasteiger partial charge in [0.1, 0.15) is 11.3 Å². The molecule has 0 amide bonds. The Morgan fingerprint density at radius 1 is 0.852 bits per heavy atom. The number of aromatic hydroxyl groups is 2. The second-order valence-electron chi connectivity index (χ2n) is 6.08. The molecule has 5 nitrogen and oxygen atoms in total. The number of phenolic OH excluding ortho intramolecular Hbond substituents is 1. The summed E-state index contributed by atoms with van der Waals surface area (Å²) in [6, 6.07) is 18.1. The quantitative estimate of drug-likeness (QED) is 0.431. The van der Waals surface area contributed by atoms with E-state index in [1.165, 1.54) is 0 Å². The number of hydrogen-bond acceptors (Lipinski definition) is 5. The van der Waals surface area contributed by atoms with Gasteiger partial charge in [0.25, 0.3) is 0 Å². The summed E-state index contributed by atoms with van der Waals surface area (Å²) in [4.78, 5) is 8.52. The van der Waals surface area contributed by atoms with Crippen molar-refractivity contribution < 1.29 is 10.2 Å². The Bertz CT molecular complexity index is 1100. The van der Waals surface area contributed by atoms with Crippen LogP contribution in [0.4, 0.5) is 5.82 Å². The largest absolute Gasteiger partial charge is 0.505 e. The van der Waals surface area contributed by atoms with Crippen molar-refractivity contribution in [2.75, 3.05) is 5.32 Å². The number of hydrogen-bond donors (Lipinski definition) is 3. The molecule has 1 atom stereocenters. The SMILES string of the molecule is Oc1cccnc1N[C@@H](c1ccc(Br)cc1)c1ccc2cccnc2c1O. The maximum Gasteiger partial charge on any atom is 0.169 e. The third kappa shape index (κ3) is 3.44. The van der Waals surface area contributed by atoms with E-state index in [1.807, 2.05) is 48.5 Å². The summed E-state index contributed by atoms with van der Waals surface area (Å²) in [7, 11) is 0. The van der Waals surface area contributed by atoms with Gasteiger partial charge < -0.3 is 15.5 Å². The third-order valence-corrected chi connectivity index (χ3v) is 4.89. The topological polar surface area (TPSA) is 78.3 Å². The van der Waals surface area contributed by atoms with E-state index in [0.29, 0.717) is 16.9 Å². The van der Waals surface area contributed by atoms with Crippen molar-refractivity contribution >= 4 is 32.7 Å². The molecule has 4 rings (SSSR count). The second kappa shape index (κ2) is 7.25. The normalized spacial score (nSPS) is 12.0. The monoisotopic (exact) mass is 421 g/mol. The van der Waals surface area contributed by atoms with Crippen LogP contribution in [0.1, 0.15) is 17.2 Å². The highest BCUT2D eigenvalue weighted by atomic mass is 79.9. The first-order valence-corrected chi connectivity index (χ1v) is 9.15. The van der Waals surface area contributed by atoms with Crippen molar-refractivity contribution in [1.29, 1.82) is 0 Å². The van der Waals surface area contributed by atoms with Crippen LogP contribution in [0.2, 0.25) is 0 Å². The van der Waals surface area contributed by atoms with Gasteiger partial charge in [0, 0.05) is 27.8 Å². The Hall–Kier alpha value is -3.12. The minimum atomic E-state index is -0.426. The number of pyridine rings is 2. The van der Waals surface area contributed by atoms with E-state index in [1.54, 1.807) is 24.5 Å². The molecule has 27 heavy (non-hydrogen) atoms. The average Bonchev–Trinajstić information content (AvgIpc) is 2.69. The van der Waals surface area contributed by atoms with E-state index in [2.05, 4.69) is 31.2 Å². The van der Waals surface area contributed by atoms with E-state index >= 15 is 0 Å². The molecule has 0 unspecified atom stereocenters. The molecule has 0 aliphatic rings. The minimum Gasteiger partial charge on any atom is -0.505 e. The zero-order valence-corrected chi connectivity index (χ0v) is 15.8. The van der Waals surface area contributed by atoms with Gasteiger partial charge >= 0.3 is 0 Å². The molecule has 2 heterocycles. The van der Waals surface area contributed by atoms with Gasteiger partial charge in [-0.15, -0.1) is 0 Å². The summed E-state index contributed by atoms with van der Waals surface area (Å²) in [5, 5.41) is 25.1. The van der Waals surface area contributed by atoms with Crippen molar-refractivity contribution in [3.8, 4) is 11.5 Å². The van der Waals surface area contributed by atoms with Crippen LogP contribution in [0.3, 0.4) is 0 Å². The van der Waals surface area contributed by atoms with Gasteiger partial charge in [0.2, 0.25) is 0 Å². The number of aromatic nitrogens is 2. The van der Waals surface area contributed by atoms with Crippen LogP contribution in [0.5, 0.6) is 11.5 Å². The number of nitrogens with one attached hydrogen (secondary N) is 1. The fourth-order valence-electron chi connectivity index (χ4n) is 3.02. The summed E-state index contributed by atoms with van der Waals surface area (Å²) in [6.07, 6.45) is 3.25. The van der Waals surface area contributed by atoms with Gasteiger partial charge in [-0.2, -0.15) is 0 Å². The Labute approximate surface area is 164 Å². The van der Waals surface area contributed by atoms with Crippen LogP contribution < -0.4 is 5.32 Å². The number of nitrogens with zero attached hydrogens (tertiary/aromatic N) is 2. The van der Waals surface area contributed by atoms with E-state index in [-0.39, 0.29) is 11.5 Å². The molecule has 0 bridgehead atoms. The van der Waals surface area contributed by atoms with Crippen LogP contribution in [0, 0.1) is 0 Å². The molecule has 6 heteroatoms. The van der Waals surface area contributed by atoms with Crippen LogP contribution in [-0.2, 0) is 0 Å². The van der Waals surface area contributed by atoms with Crippen LogP contribution in [0.25, 0.3) is 10.9 Å². The first-order valence-electron chi connectivity index (χ1n) is 8.36. The molecule has 4 aromatic rings. The lowest BCUT2D eigenvalue weighted by Crippen LogP contribution is -2.14. The molecule has 2 aromatic carbocycles. The van der Waals surface area contributed by atoms with Crippen molar-refractivity contribution in [2.24, 2.45) is 0 Å². The maximum absolute atomic E-state index is 10.9. The Morgan fingerprint density at radius 3 is 2.37 bits per heavy atom. The van der Waals surface area contributed by atoms with E-state index in [0.717, 1.165) is 15.4 Å². The number of anilines is 1. The third-order valence-electron chi connectivity index (χ3n) is 4.36. The van der Waals surface area contributed by atoms with Gasteiger partial charge in [-0.1, -0.05) is 46.3 Å². The standard InChI is InChI=1S/C21H16BrN3O2/c22-15-8-5-14(6-9-15)18(25-21-17(26)4-2-12-24-21)16-10-7-13-3-1-11-23-19(13)20(16)27/h1-12,18,26-27H,(H,24,25)/t18-/m0/s1. The zero-order valence-electron chi connectivity index (χ0n) is 14.2. The Kier molecular flexibility index (Phi) is 4.64. The predicted molar refractivity (Wildman–Crippen MR) is 109 cm³/mol. The van der Waals surface area contributed by atoms with Crippen molar-refractivity contribution in [1.82, 2.24) is 9.97 Å². The summed E-state index contributed by atoms with van der Waals surface area (Å²) in [5.41, 5.74) is 2.09. The number of halogens is 1. The summed E-state index contributed by atoms with van der Waals surface area (Å²) < 4.78 is 0.954. The van der Waals surface area contributed by atoms with Crippen molar-refractivity contribution in [3.05, 3.63) is 88.7 Å². The molecule has 2 aromatic heterocycles.